The Hall–Kier alpha value is -3.13. The first-order valence-electron chi connectivity index (χ1n) is 7.14. The average Bonchev–Trinajstić information content (AvgIpc) is 3.06. The molecule has 3 aromatic rings. The summed E-state index contributed by atoms with van der Waals surface area (Å²) in [7, 11) is -3.79. The highest BCUT2D eigenvalue weighted by Gasteiger charge is 2.15. The van der Waals surface area contributed by atoms with Gasteiger partial charge in [0, 0.05) is 11.3 Å². The van der Waals surface area contributed by atoms with Crippen LogP contribution in [-0.2, 0) is 10.0 Å². The van der Waals surface area contributed by atoms with E-state index in [-0.39, 0.29) is 10.6 Å². The van der Waals surface area contributed by atoms with Crippen molar-refractivity contribution in [3.05, 3.63) is 72.2 Å². The van der Waals surface area contributed by atoms with Gasteiger partial charge in [0.25, 0.3) is 10.0 Å². The lowest BCUT2D eigenvalue weighted by Crippen LogP contribution is -2.12. The second-order valence-corrected chi connectivity index (χ2v) is 6.77. The van der Waals surface area contributed by atoms with Crippen molar-refractivity contribution in [2.24, 2.45) is 5.16 Å². The Balaban J connectivity index is 1.81. The minimum absolute atomic E-state index is 0.0595. The first-order chi connectivity index (χ1) is 12.0. The number of nitrogens with one attached hydrogen (secondary N) is 1. The fourth-order valence-electron chi connectivity index (χ4n) is 2.16. The molecule has 1 heterocycles. The van der Waals surface area contributed by atoms with Crippen LogP contribution in [0.5, 0.6) is 0 Å². The van der Waals surface area contributed by atoms with Crippen molar-refractivity contribution in [1.82, 2.24) is 0 Å². The largest absolute Gasteiger partial charge is 0.455 e. The lowest BCUT2D eigenvalue weighted by atomic mass is 10.2. The maximum atomic E-state index is 12.9. The van der Waals surface area contributed by atoms with Crippen LogP contribution in [0.1, 0.15) is 5.76 Å². The number of rotatable bonds is 5. The normalized spacial score (nSPS) is 11.7. The predicted molar refractivity (Wildman–Crippen MR) is 90.7 cm³/mol. The smallest absolute Gasteiger partial charge is 0.261 e. The molecule has 0 unspecified atom stereocenters. The van der Waals surface area contributed by atoms with Gasteiger partial charge in [0.15, 0.2) is 0 Å². The monoisotopic (exact) mass is 360 g/mol. The molecule has 0 saturated carbocycles. The van der Waals surface area contributed by atoms with Crippen LogP contribution in [0.25, 0.3) is 11.3 Å². The van der Waals surface area contributed by atoms with E-state index in [4.69, 9.17) is 9.62 Å². The average molecular weight is 360 g/mol. The number of oxime groups is 1. The van der Waals surface area contributed by atoms with Gasteiger partial charge in [0.05, 0.1) is 4.90 Å². The minimum atomic E-state index is -3.79. The number of halogens is 1. The van der Waals surface area contributed by atoms with Gasteiger partial charge < -0.3 is 9.62 Å². The standard InChI is InChI=1S/C17H13FN2O4S/c18-13-3-5-14(6-4-13)20-25(22,23)16-8-1-12(2-9-16)17-10-7-15(24-17)11-19-21/h1-11,20-21H/b19-11-. The van der Waals surface area contributed by atoms with E-state index in [2.05, 4.69) is 9.88 Å². The zero-order chi connectivity index (χ0) is 17.9. The quantitative estimate of drug-likeness (QED) is 0.412. The summed E-state index contributed by atoms with van der Waals surface area (Å²) in [6, 6.07) is 14.4. The van der Waals surface area contributed by atoms with E-state index in [0.717, 1.165) is 6.21 Å². The van der Waals surface area contributed by atoms with Gasteiger partial charge in [0.2, 0.25) is 0 Å². The minimum Gasteiger partial charge on any atom is -0.455 e. The first kappa shape index (κ1) is 16.7. The van der Waals surface area contributed by atoms with Gasteiger partial charge in [-0.1, -0.05) is 5.16 Å². The molecular formula is C17H13FN2O4S. The first-order valence-corrected chi connectivity index (χ1v) is 8.62. The molecule has 128 valence electrons. The van der Waals surface area contributed by atoms with Crippen LogP contribution in [0.3, 0.4) is 0 Å². The Bertz CT molecular complexity index is 994. The van der Waals surface area contributed by atoms with Crippen molar-refractivity contribution in [3.8, 4) is 11.3 Å². The van der Waals surface area contributed by atoms with Gasteiger partial charge >= 0.3 is 0 Å². The Morgan fingerprint density at radius 1 is 1.00 bits per heavy atom. The van der Waals surface area contributed by atoms with E-state index in [1.165, 1.54) is 36.4 Å². The van der Waals surface area contributed by atoms with E-state index in [9.17, 15) is 12.8 Å². The van der Waals surface area contributed by atoms with E-state index in [0.29, 0.717) is 17.1 Å². The van der Waals surface area contributed by atoms with E-state index < -0.39 is 15.8 Å². The molecule has 1 aromatic heterocycles. The van der Waals surface area contributed by atoms with Crippen LogP contribution in [0, 0.1) is 5.82 Å². The summed E-state index contributed by atoms with van der Waals surface area (Å²) in [5.41, 5.74) is 0.933. The molecule has 2 aromatic carbocycles. The van der Waals surface area contributed by atoms with Crippen molar-refractivity contribution in [2.45, 2.75) is 4.90 Å². The summed E-state index contributed by atoms with van der Waals surface area (Å²) in [4.78, 5) is 0.0595. The second-order valence-electron chi connectivity index (χ2n) is 5.08. The number of hydrogen-bond donors (Lipinski definition) is 2. The molecule has 25 heavy (non-hydrogen) atoms. The van der Waals surface area contributed by atoms with Crippen LogP contribution in [0.2, 0.25) is 0 Å². The summed E-state index contributed by atoms with van der Waals surface area (Å²) < 4.78 is 45.4. The molecule has 0 saturated heterocycles. The van der Waals surface area contributed by atoms with Crippen LogP contribution >= 0.6 is 0 Å². The third kappa shape index (κ3) is 3.86. The summed E-state index contributed by atoms with van der Waals surface area (Å²) in [6.07, 6.45) is 1.15. The van der Waals surface area contributed by atoms with Gasteiger partial charge in [-0.2, -0.15) is 0 Å². The van der Waals surface area contributed by atoms with Gasteiger partial charge in [-0.05, 0) is 60.7 Å². The van der Waals surface area contributed by atoms with Crippen LogP contribution < -0.4 is 4.72 Å². The van der Waals surface area contributed by atoms with E-state index in [1.54, 1.807) is 24.3 Å². The Labute approximate surface area is 143 Å². The summed E-state index contributed by atoms with van der Waals surface area (Å²) in [6.45, 7) is 0. The van der Waals surface area contributed by atoms with E-state index in [1.807, 2.05) is 0 Å². The molecule has 0 aliphatic heterocycles. The van der Waals surface area contributed by atoms with Crippen LogP contribution in [0.4, 0.5) is 10.1 Å². The highest BCUT2D eigenvalue weighted by atomic mass is 32.2. The molecule has 0 radical (unpaired) electrons. The molecule has 3 rings (SSSR count). The summed E-state index contributed by atoms with van der Waals surface area (Å²) >= 11 is 0. The molecule has 0 amide bonds. The second kappa shape index (κ2) is 6.78. The van der Waals surface area contributed by atoms with Gasteiger partial charge in [-0.3, -0.25) is 4.72 Å². The van der Waals surface area contributed by atoms with E-state index >= 15 is 0 Å². The SMILES string of the molecule is O=S(=O)(Nc1ccc(F)cc1)c1ccc(-c2ccc(/C=N\O)o2)cc1. The van der Waals surface area contributed by atoms with Crippen molar-refractivity contribution < 1.29 is 22.4 Å². The number of furan rings is 1. The number of benzene rings is 2. The molecule has 6 nitrogen and oxygen atoms in total. The molecule has 0 fully saturated rings. The molecule has 0 aliphatic carbocycles. The predicted octanol–water partition coefficient (Wildman–Crippen LogP) is 3.69. The van der Waals surface area contributed by atoms with Gasteiger partial charge in [-0.15, -0.1) is 0 Å². The number of anilines is 1. The summed E-state index contributed by atoms with van der Waals surface area (Å²) in [5.74, 6) is 0.425. The number of hydrogen-bond acceptors (Lipinski definition) is 5. The fraction of sp³-hybridized carbons (Fsp3) is 0. The molecular weight excluding hydrogens is 347 g/mol. The Kier molecular flexibility index (Phi) is 4.53. The molecule has 0 aliphatic rings. The zero-order valence-electron chi connectivity index (χ0n) is 12.8. The summed E-state index contributed by atoms with van der Waals surface area (Å²) in [5, 5.41) is 11.4. The third-order valence-corrected chi connectivity index (χ3v) is 4.75. The fourth-order valence-corrected chi connectivity index (χ4v) is 3.22. The van der Waals surface area contributed by atoms with Crippen molar-refractivity contribution in [2.75, 3.05) is 4.72 Å². The maximum Gasteiger partial charge on any atom is 0.261 e. The van der Waals surface area contributed by atoms with Gasteiger partial charge in [0.1, 0.15) is 23.6 Å². The molecule has 2 N–H and O–H groups in total. The lowest BCUT2D eigenvalue weighted by molar-refractivity contribution is 0.321. The van der Waals surface area contributed by atoms with Crippen molar-refractivity contribution in [1.29, 1.82) is 0 Å². The molecule has 0 atom stereocenters. The number of sulfonamides is 1. The van der Waals surface area contributed by atoms with Crippen LogP contribution in [-0.4, -0.2) is 19.8 Å². The third-order valence-electron chi connectivity index (χ3n) is 3.36. The van der Waals surface area contributed by atoms with Crippen molar-refractivity contribution >= 4 is 21.9 Å². The highest BCUT2D eigenvalue weighted by Crippen LogP contribution is 2.24. The topological polar surface area (TPSA) is 91.9 Å². The van der Waals surface area contributed by atoms with Crippen LogP contribution in [0.15, 0.2) is 75.1 Å². The lowest BCUT2D eigenvalue weighted by Gasteiger charge is -2.08. The molecule has 0 bridgehead atoms. The highest BCUT2D eigenvalue weighted by molar-refractivity contribution is 7.92. The zero-order valence-corrected chi connectivity index (χ0v) is 13.6. The molecule has 0 spiro atoms. The molecule has 8 heteroatoms. The Morgan fingerprint density at radius 2 is 1.68 bits per heavy atom. The number of nitrogens with zero attached hydrogens (tertiary/aromatic N) is 1. The van der Waals surface area contributed by atoms with Crippen molar-refractivity contribution in [3.63, 3.8) is 0 Å². The maximum absolute atomic E-state index is 12.9. The van der Waals surface area contributed by atoms with Gasteiger partial charge in [-0.25, -0.2) is 12.8 Å². The Morgan fingerprint density at radius 3 is 2.32 bits per heavy atom.